The van der Waals surface area contributed by atoms with Crippen LogP contribution in [0.25, 0.3) is 0 Å². The second kappa shape index (κ2) is 9.10. The molecule has 2 amide bonds. The van der Waals surface area contributed by atoms with E-state index in [2.05, 4.69) is 19.8 Å². The molecule has 16 heteroatoms. The molecule has 2 saturated heterocycles. The number of β-lactam (4-membered cyclic amide) rings is 1. The van der Waals surface area contributed by atoms with E-state index in [-0.39, 0.29) is 46.5 Å². The van der Waals surface area contributed by atoms with Crippen LogP contribution in [0.3, 0.4) is 0 Å². The average Bonchev–Trinajstić information content (AvgIpc) is 3.30. The van der Waals surface area contributed by atoms with Crippen LogP contribution in [0, 0.1) is 0 Å². The van der Waals surface area contributed by atoms with Crippen molar-refractivity contribution in [2.45, 2.75) is 23.6 Å². The van der Waals surface area contributed by atoms with Crippen molar-refractivity contribution in [3.63, 3.8) is 0 Å². The smallest absolute Gasteiger partial charge is 0.352 e. The van der Waals surface area contributed by atoms with Crippen LogP contribution in [0.4, 0.5) is 5.13 Å². The van der Waals surface area contributed by atoms with Gasteiger partial charge in [0.25, 0.3) is 11.8 Å². The molecule has 0 bridgehead atoms. The molecule has 0 spiro atoms. The zero-order chi connectivity index (χ0) is 24.8. The molecule has 6 N–H and O–H groups in total. The molecule has 0 saturated carbocycles. The van der Waals surface area contributed by atoms with Crippen LogP contribution in [0.15, 0.2) is 16.4 Å². The summed E-state index contributed by atoms with van der Waals surface area (Å²) in [6.45, 7) is 0.808. The molecule has 1 aromatic heterocycles. The molecule has 0 aromatic carbocycles. The monoisotopic (exact) mass is 514 g/mol. The topological polar surface area (TPSA) is 201 Å². The molecule has 0 aliphatic carbocycles. The zero-order valence-corrected chi connectivity index (χ0v) is 19.9. The lowest BCUT2D eigenvalue weighted by Gasteiger charge is -2.49. The summed E-state index contributed by atoms with van der Waals surface area (Å²) < 4.78 is 4.18. The van der Waals surface area contributed by atoms with E-state index in [0.29, 0.717) is 11.3 Å². The van der Waals surface area contributed by atoms with Crippen LogP contribution >= 0.6 is 23.3 Å². The third-order valence-electron chi connectivity index (χ3n) is 5.86. The van der Waals surface area contributed by atoms with Gasteiger partial charge in [-0.05, 0) is 0 Å². The van der Waals surface area contributed by atoms with Gasteiger partial charge in [-0.15, -0.1) is 11.8 Å². The minimum atomic E-state index is -1.26. The number of nitrogens with one attached hydrogen (secondary N) is 1. The average molecular weight is 515 g/mol. The number of quaternary nitrogens is 1. The Labute approximate surface area is 201 Å². The Morgan fingerprint density at radius 1 is 1.35 bits per heavy atom. The first-order chi connectivity index (χ1) is 16.0. The first-order valence-electron chi connectivity index (χ1n) is 10.2. The maximum absolute atomic E-state index is 12.9. The van der Waals surface area contributed by atoms with Crippen molar-refractivity contribution in [3.05, 3.63) is 17.1 Å². The van der Waals surface area contributed by atoms with Crippen molar-refractivity contribution in [1.82, 2.24) is 19.6 Å². The van der Waals surface area contributed by atoms with Gasteiger partial charge < -0.3 is 35.7 Å². The van der Waals surface area contributed by atoms with Crippen LogP contribution < -0.4 is 11.1 Å². The molecule has 3 aliphatic rings. The lowest BCUT2D eigenvalue weighted by molar-refractivity contribution is -0.895. The van der Waals surface area contributed by atoms with Gasteiger partial charge in [-0.2, -0.15) is 9.36 Å². The number of anilines is 1. The van der Waals surface area contributed by atoms with Crippen molar-refractivity contribution in [3.8, 4) is 0 Å². The number of nitrogens with two attached hydrogens (primary N) is 1. The number of carboxylic acids is 1. The van der Waals surface area contributed by atoms with Gasteiger partial charge in [-0.25, -0.2) is 4.79 Å². The first kappa shape index (κ1) is 24.3. The van der Waals surface area contributed by atoms with E-state index >= 15 is 0 Å². The first-order valence-corrected chi connectivity index (χ1v) is 12.0. The molecule has 34 heavy (non-hydrogen) atoms. The summed E-state index contributed by atoms with van der Waals surface area (Å²) in [7, 11) is 3.06. The fourth-order valence-corrected chi connectivity index (χ4v) is 6.20. The number of aliphatic hydroxyl groups is 2. The number of nitrogen functional groups attached to an aromatic ring is 1. The second-order valence-electron chi connectivity index (χ2n) is 8.47. The SMILES string of the molecule is CO/N=C(\C(=O)NC1C(=O)N2C(C(=O)O)=C(C[N+]3(C)C[C@@H](O)[C@@H](O)C3)CS[C@@H]12)c1nsc(N)n1. The summed E-state index contributed by atoms with van der Waals surface area (Å²) in [5, 5.41) is 35.4. The van der Waals surface area contributed by atoms with Gasteiger partial charge >= 0.3 is 5.97 Å². The number of rotatable bonds is 7. The summed E-state index contributed by atoms with van der Waals surface area (Å²) in [6, 6.07) is -0.980. The number of hydrogen-bond acceptors (Lipinski definition) is 12. The molecule has 4 rings (SSSR count). The van der Waals surface area contributed by atoms with Crippen molar-refractivity contribution in [1.29, 1.82) is 0 Å². The second-order valence-corrected chi connectivity index (χ2v) is 10.4. The highest BCUT2D eigenvalue weighted by Gasteiger charge is 2.55. The minimum absolute atomic E-state index is 0.0536. The molecule has 2 fully saturated rings. The number of aliphatic carboxylic acids is 1. The third-order valence-corrected chi connectivity index (χ3v) is 7.74. The van der Waals surface area contributed by atoms with Gasteiger partial charge in [-0.3, -0.25) is 14.5 Å². The number of carbonyl (C=O) groups is 3. The highest BCUT2D eigenvalue weighted by Crippen LogP contribution is 2.41. The molecule has 3 aliphatic heterocycles. The quantitative estimate of drug-likeness (QED) is 0.110. The Balaban J connectivity index is 1.52. The van der Waals surface area contributed by atoms with Crippen molar-refractivity contribution in [2.75, 3.05) is 45.3 Å². The molecular formula is C18H24N7O7S2+. The molecule has 1 aromatic rings. The predicted molar refractivity (Wildman–Crippen MR) is 120 cm³/mol. The number of oxime groups is 1. The van der Waals surface area contributed by atoms with Crippen LogP contribution in [0.1, 0.15) is 5.82 Å². The maximum Gasteiger partial charge on any atom is 0.352 e. The molecule has 184 valence electrons. The number of aromatic nitrogens is 2. The number of aliphatic hydroxyl groups excluding tert-OH is 2. The highest BCUT2D eigenvalue weighted by atomic mass is 32.2. The fraction of sp³-hybridized carbons (Fsp3) is 0.556. The van der Waals surface area contributed by atoms with Crippen LogP contribution in [0.5, 0.6) is 0 Å². The third kappa shape index (κ3) is 4.34. The number of likely N-dealkylation sites (tertiary alicyclic amines) is 1. The number of thioether (sulfide) groups is 1. The lowest BCUT2D eigenvalue weighted by atomic mass is 10.0. The molecule has 5 atom stereocenters. The fourth-order valence-electron chi connectivity index (χ4n) is 4.43. The van der Waals surface area contributed by atoms with Crippen LogP contribution in [0.2, 0.25) is 0 Å². The summed E-state index contributed by atoms with van der Waals surface area (Å²) in [4.78, 5) is 47.6. The lowest BCUT2D eigenvalue weighted by Crippen LogP contribution is -2.71. The Morgan fingerprint density at radius 2 is 2.03 bits per heavy atom. The molecule has 4 heterocycles. The minimum Gasteiger partial charge on any atom is -0.477 e. The van der Waals surface area contributed by atoms with E-state index in [0.717, 1.165) is 16.4 Å². The number of amides is 2. The number of hydrogen-bond donors (Lipinski definition) is 5. The van der Waals surface area contributed by atoms with Gasteiger partial charge in [-0.1, -0.05) is 5.16 Å². The Kier molecular flexibility index (Phi) is 6.52. The largest absolute Gasteiger partial charge is 0.477 e. The molecule has 0 radical (unpaired) electrons. The van der Waals surface area contributed by atoms with Crippen LogP contribution in [-0.2, 0) is 19.2 Å². The number of carbonyl (C=O) groups excluding carboxylic acids is 2. The number of fused-ring (bicyclic) bond motifs is 1. The number of nitrogens with zero attached hydrogens (tertiary/aromatic N) is 5. The van der Waals surface area contributed by atoms with Crippen molar-refractivity contribution in [2.24, 2.45) is 5.16 Å². The predicted octanol–water partition coefficient (Wildman–Crippen LogP) is -2.61. The van der Waals surface area contributed by atoms with E-state index in [1.807, 2.05) is 7.05 Å². The highest BCUT2D eigenvalue weighted by molar-refractivity contribution is 8.00. The Morgan fingerprint density at radius 3 is 2.59 bits per heavy atom. The van der Waals surface area contributed by atoms with Gasteiger partial charge in [0, 0.05) is 22.9 Å². The van der Waals surface area contributed by atoms with Gasteiger partial charge in [0.05, 0.1) is 7.05 Å². The van der Waals surface area contributed by atoms with Crippen molar-refractivity contribution < 1.29 is 39.0 Å². The summed E-state index contributed by atoms with van der Waals surface area (Å²) in [6.07, 6.45) is -1.78. The normalized spacial score (nSPS) is 31.2. The summed E-state index contributed by atoms with van der Waals surface area (Å²) >= 11 is 2.19. The van der Waals surface area contributed by atoms with E-state index < -0.39 is 41.4 Å². The Bertz CT molecular complexity index is 1080. The van der Waals surface area contributed by atoms with Gasteiger partial charge in [0.2, 0.25) is 11.5 Å². The molecular weight excluding hydrogens is 490 g/mol. The van der Waals surface area contributed by atoms with Gasteiger partial charge in [0.15, 0.2) is 5.13 Å². The van der Waals surface area contributed by atoms with Crippen LogP contribution in [-0.4, -0.2) is 121 Å². The van der Waals surface area contributed by atoms with Gasteiger partial charge in [0.1, 0.15) is 56.1 Å². The van der Waals surface area contributed by atoms with Crippen molar-refractivity contribution >= 4 is 51.9 Å². The summed E-state index contributed by atoms with van der Waals surface area (Å²) in [5.74, 6) is -2.34. The molecule has 2 unspecified atom stereocenters. The van der Waals surface area contributed by atoms with E-state index in [9.17, 15) is 29.7 Å². The number of carboxylic acid groups (broad SMARTS) is 1. The number of likely N-dealkylation sites (N-methyl/N-ethyl adjacent to an activating group) is 1. The van der Waals surface area contributed by atoms with E-state index in [1.54, 1.807) is 0 Å². The Hall–Kier alpha value is -2.79. The molecule has 14 nitrogen and oxygen atoms in total. The zero-order valence-electron chi connectivity index (χ0n) is 18.2. The standard InChI is InChI=1S/C18H23N7O7S2/c1-25(4-8(26)9(27)5-25)3-7-6-33-16-11(15(29)24(16)12(7)17(30)31)20-14(28)10(22-32-2)13-21-18(19)34-23-13/h8-9,11,16,26-27H,3-6H2,1-2H3,(H3-,19,20,21,23,28,30,31)/p+1/b22-10-/t8-,9+,11?,16-,25?/m0/s1. The maximum atomic E-state index is 12.9. The summed E-state index contributed by atoms with van der Waals surface area (Å²) in [5.41, 5.74) is 5.70. The van der Waals surface area contributed by atoms with E-state index in [4.69, 9.17) is 10.6 Å². The van der Waals surface area contributed by atoms with E-state index in [1.165, 1.54) is 18.9 Å².